The molecule has 6 nitrogen and oxygen atoms in total. The lowest BCUT2D eigenvalue weighted by molar-refractivity contribution is -0.132. The lowest BCUT2D eigenvalue weighted by Gasteiger charge is -2.25. The molecule has 0 spiro atoms. The molecule has 3 heterocycles. The number of carbonyl (C=O) groups excluding carboxylic acids is 1. The summed E-state index contributed by atoms with van der Waals surface area (Å²) in [5, 5.41) is 8.50. The molecule has 1 saturated heterocycles. The summed E-state index contributed by atoms with van der Waals surface area (Å²) in [6.07, 6.45) is 3.33. The predicted octanol–water partition coefficient (Wildman–Crippen LogP) is 2.73. The van der Waals surface area contributed by atoms with Gasteiger partial charge in [-0.05, 0) is 53.0 Å². The lowest BCUT2D eigenvalue weighted by atomic mass is 10.1. The number of likely N-dealkylation sites (tertiary alicyclic amines) is 1. The molecule has 3 rings (SSSR count). The van der Waals surface area contributed by atoms with Crippen molar-refractivity contribution >= 4 is 5.91 Å². The van der Waals surface area contributed by atoms with Gasteiger partial charge in [-0.25, -0.2) is 0 Å². The van der Waals surface area contributed by atoms with Crippen LogP contribution in [0, 0.1) is 27.7 Å². The second-order valence-corrected chi connectivity index (χ2v) is 6.80. The summed E-state index contributed by atoms with van der Waals surface area (Å²) in [6, 6.07) is 2.33. The van der Waals surface area contributed by atoms with Gasteiger partial charge in [0.2, 0.25) is 5.91 Å². The summed E-state index contributed by atoms with van der Waals surface area (Å²) < 4.78 is 7.21. The van der Waals surface area contributed by atoms with Crippen LogP contribution in [-0.4, -0.2) is 38.3 Å². The minimum atomic E-state index is 0.221. The van der Waals surface area contributed by atoms with Gasteiger partial charge >= 0.3 is 0 Å². The van der Waals surface area contributed by atoms with Crippen molar-refractivity contribution in [3.8, 4) is 0 Å². The Balaban J connectivity index is 1.62. The SMILES string of the molecule is Cc1cc(C)n(C[C@@H]2CCCN2C(=O)CCc2c(C)noc2C)n1. The summed E-state index contributed by atoms with van der Waals surface area (Å²) in [5.41, 5.74) is 4.14. The van der Waals surface area contributed by atoms with E-state index in [1.54, 1.807) is 0 Å². The molecule has 1 amide bonds. The van der Waals surface area contributed by atoms with Gasteiger partial charge in [0.15, 0.2) is 0 Å². The van der Waals surface area contributed by atoms with E-state index < -0.39 is 0 Å². The molecule has 6 heteroatoms. The van der Waals surface area contributed by atoms with Gasteiger partial charge in [0.1, 0.15) is 5.76 Å². The van der Waals surface area contributed by atoms with Crippen LogP contribution in [0.5, 0.6) is 0 Å². The van der Waals surface area contributed by atoms with Gasteiger partial charge in [0, 0.05) is 24.2 Å². The number of carbonyl (C=O) groups is 1. The molecule has 1 atom stereocenters. The maximum Gasteiger partial charge on any atom is 0.223 e. The molecule has 0 unspecified atom stereocenters. The van der Waals surface area contributed by atoms with Crippen LogP contribution in [0.3, 0.4) is 0 Å². The average molecular weight is 330 g/mol. The van der Waals surface area contributed by atoms with Crippen molar-refractivity contribution in [3.63, 3.8) is 0 Å². The molecule has 130 valence electrons. The van der Waals surface area contributed by atoms with E-state index in [0.717, 1.165) is 54.3 Å². The van der Waals surface area contributed by atoms with E-state index in [1.165, 1.54) is 0 Å². The summed E-state index contributed by atoms with van der Waals surface area (Å²) in [4.78, 5) is 14.7. The molecule has 0 saturated carbocycles. The van der Waals surface area contributed by atoms with E-state index in [0.29, 0.717) is 12.8 Å². The van der Waals surface area contributed by atoms with E-state index >= 15 is 0 Å². The van der Waals surface area contributed by atoms with Crippen molar-refractivity contribution in [2.24, 2.45) is 0 Å². The molecule has 1 aliphatic heterocycles. The van der Waals surface area contributed by atoms with E-state index in [-0.39, 0.29) is 11.9 Å². The second kappa shape index (κ2) is 6.79. The Morgan fingerprint density at radius 2 is 2.12 bits per heavy atom. The fourth-order valence-corrected chi connectivity index (χ4v) is 3.65. The molecular weight excluding hydrogens is 304 g/mol. The van der Waals surface area contributed by atoms with Crippen molar-refractivity contribution in [3.05, 3.63) is 34.5 Å². The number of rotatable bonds is 5. The topological polar surface area (TPSA) is 64.2 Å². The van der Waals surface area contributed by atoms with Gasteiger partial charge in [0.25, 0.3) is 0 Å². The van der Waals surface area contributed by atoms with E-state index in [4.69, 9.17) is 4.52 Å². The van der Waals surface area contributed by atoms with Crippen LogP contribution in [0.25, 0.3) is 0 Å². The van der Waals surface area contributed by atoms with Crippen molar-refractivity contribution in [1.82, 2.24) is 19.8 Å². The van der Waals surface area contributed by atoms with Crippen LogP contribution in [0.4, 0.5) is 0 Å². The summed E-state index contributed by atoms with van der Waals surface area (Å²) in [7, 11) is 0. The maximum atomic E-state index is 12.7. The third-order valence-electron chi connectivity index (χ3n) is 4.95. The zero-order valence-corrected chi connectivity index (χ0v) is 15.0. The molecule has 2 aromatic rings. The molecule has 0 radical (unpaired) electrons. The highest BCUT2D eigenvalue weighted by Gasteiger charge is 2.29. The molecule has 0 N–H and O–H groups in total. The monoisotopic (exact) mass is 330 g/mol. The van der Waals surface area contributed by atoms with Crippen LogP contribution in [0.1, 0.15) is 47.7 Å². The number of aromatic nitrogens is 3. The fraction of sp³-hybridized carbons (Fsp3) is 0.611. The third-order valence-corrected chi connectivity index (χ3v) is 4.95. The van der Waals surface area contributed by atoms with Crippen LogP contribution in [0.2, 0.25) is 0 Å². The Kier molecular flexibility index (Phi) is 4.73. The highest BCUT2D eigenvalue weighted by Crippen LogP contribution is 2.22. The third kappa shape index (κ3) is 3.37. The zero-order chi connectivity index (χ0) is 17.3. The molecule has 0 bridgehead atoms. The lowest BCUT2D eigenvalue weighted by Crippen LogP contribution is -2.38. The highest BCUT2D eigenvalue weighted by atomic mass is 16.5. The maximum absolute atomic E-state index is 12.7. The van der Waals surface area contributed by atoms with Crippen LogP contribution in [-0.2, 0) is 17.8 Å². The molecule has 24 heavy (non-hydrogen) atoms. The van der Waals surface area contributed by atoms with Crippen molar-refractivity contribution in [2.45, 2.75) is 66.0 Å². The minimum Gasteiger partial charge on any atom is -0.361 e. The number of aryl methyl sites for hydroxylation is 4. The first kappa shape index (κ1) is 16.7. The molecule has 1 fully saturated rings. The summed E-state index contributed by atoms with van der Waals surface area (Å²) in [5.74, 6) is 1.04. The largest absolute Gasteiger partial charge is 0.361 e. The first-order valence-electron chi connectivity index (χ1n) is 8.68. The van der Waals surface area contributed by atoms with E-state index in [1.807, 2.05) is 30.4 Å². The van der Waals surface area contributed by atoms with Gasteiger partial charge in [-0.15, -0.1) is 0 Å². The number of nitrogens with zero attached hydrogens (tertiary/aromatic N) is 4. The molecule has 1 aliphatic rings. The molecular formula is C18H26N4O2. The fourth-order valence-electron chi connectivity index (χ4n) is 3.65. The number of hydrogen-bond donors (Lipinski definition) is 0. The Hall–Kier alpha value is -2.11. The smallest absolute Gasteiger partial charge is 0.223 e. The zero-order valence-electron chi connectivity index (χ0n) is 15.0. The van der Waals surface area contributed by atoms with Gasteiger partial charge in [0.05, 0.1) is 24.0 Å². The van der Waals surface area contributed by atoms with Crippen molar-refractivity contribution < 1.29 is 9.32 Å². The van der Waals surface area contributed by atoms with Gasteiger partial charge < -0.3 is 9.42 Å². The van der Waals surface area contributed by atoms with E-state index in [9.17, 15) is 4.79 Å². The summed E-state index contributed by atoms with van der Waals surface area (Å²) in [6.45, 7) is 9.55. The molecule has 0 aromatic carbocycles. The predicted molar refractivity (Wildman–Crippen MR) is 90.7 cm³/mol. The van der Waals surface area contributed by atoms with Gasteiger partial charge in [-0.2, -0.15) is 5.10 Å². The van der Waals surface area contributed by atoms with Gasteiger partial charge in [-0.3, -0.25) is 9.48 Å². The first-order valence-corrected chi connectivity index (χ1v) is 8.68. The molecule has 2 aromatic heterocycles. The number of hydrogen-bond acceptors (Lipinski definition) is 4. The Morgan fingerprint density at radius 3 is 2.75 bits per heavy atom. The Morgan fingerprint density at radius 1 is 1.33 bits per heavy atom. The van der Waals surface area contributed by atoms with Gasteiger partial charge in [-0.1, -0.05) is 5.16 Å². The van der Waals surface area contributed by atoms with Crippen molar-refractivity contribution in [2.75, 3.05) is 6.54 Å². The van der Waals surface area contributed by atoms with Crippen LogP contribution in [0.15, 0.2) is 10.6 Å². The standard InChI is InChI=1S/C18H26N4O2/c1-12-10-13(2)22(19-12)11-16-6-5-9-21(16)18(23)8-7-17-14(3)20-24-15(17)4/h10,16H,5-9,11H2,1-4H3/t16-/m0/s1. The van der Waals surface area contributed by atoms with Crippen LogP contribution < -0.4 is 0 Å². The normalized spacial score (nSPS) is 17.7. The average Bonchev–Trinajstić information content (AvgIpc) is 3.20. The Labute approximate surface area is 142 Å². The quantitative estimate of drug-likeness (QED) is 0.845. The second-order valence-electron chi connectivity index (χ2n) is 6.80. The first-order chi connectivity index (χ1) is 11.5. The minimum absolute atomic E-state index is 0.221. The number of amides is 1. The highest BCUT2D eigenvalue weighted by molar-refractivity contribution is 5.77. The van der Waals surface area contributed by atoms with Crippen molar-refractivity contribution in [1.29, 1.82) is 0 Å². The van der Waals surface area contributed by atoms with Crippen LogP contribution >= 0.6 is 0 Å². The van der Waals surface area contributed by atoms with E-state index in [2.05, 4.69) is 23.2 Å². The molecule has 0 aliphatic carbocycles. The summed E-state index contributed by atoms with van der Waals surface area (Å²) >= 11 is 0. The Bertz CT molecular complexity index is 712.